The van der Waals surface area contributed by atoms with Crippen LogP contribution in [-0.4, -0.2) is 35.3 Å². The molecule has 3 heterocycles. The maximum Gasteiger partial charge on any atom is 0.205 e. The molecule has 0 spiro atoms. The van der Waals surface area contributed by atoms with Crippen LogP contribution in [0.1, 0.15) is 37.3 Å². The Hall–Kier alpha value is -1.21. The van der Waals surface area contributed by atoms with Gasteiger partial charge in [0.15, 0.2) is 10.1 Å². The first-order valence-corrected chi connectivity index (χ1v) is 8.76. The summed E-state index contributed by atoms with van der Waals surface area (Å²) in [6.07, 6.45) is 5.12. The van der Waals surface area contributed by atoms with Crippen molar-refractivity contribution in [3.05, 3.63) is 5.69 Å². The molecule has 1 saturated heterocycles. The van der Waals surface area contributed by atoms with Gasteiger partial charge in [-0.2, -0.15) is 0 Å². The summed E-state index contributed by atoms with van der Waals surface area (Å²) in [6, 6.07) is 0. The summed E-state index contributed by atoms with van der Waals surface area (Å²) in [5, 5.41) is 14.6. The Kier molecular flexibility index (Phi) is 3.11. The van der Waals surface area contributed by atoms with E-state index in [2.05, 4.69) is 20.4 Å². The lowest BCUT2D eigenvalue weighted by atomic mass is 10.2. The monoisotopic (exact) mass is 307 g/mol. The van der Waals surface area contributed by atoms with E-state index in [1.165, 1.54) is 41.4 Å². The highest BCUT2D eigenvalue weighted by Gasteiger charge is 2.32. The van der Waals surface area contributed by atoms with Crippen LogP contribution in [-0.2, 0) is 0 Å². The van der Waals surface area contributed by atoms with Gasteiger partial charge in [-0.25, -0.2) is 4.98 Å². The Bertz CT molecular complexity index is 610. The highest BCUT2D eigenvalue weighted by atomic mass is 32.1. The van der Waals surface area contributed by atoms with Crippen molar-refractivity contribution in [2.75, 3.05) is 30.4 Å². The molecule has 4 rings (SSSR count). The number of hydrogen-bond donors (Lipinski definition) is 1. The van der Waals surface area contributed by atoms with Gasteiger partial charge in [0.05, 0.1) is 10.6 Å². The lowest BCUT2D eigenvalue weighted by molar-refractivity contribution is 0.938. The fourth-order valence-electron chi connectivity index (χ4n) is 2.57. The van der Waals surface area contributed by atoms with Crippen LogP contribution >= 0.6 is 22.7 Å². The summed E-state index contributed by atoms with van der Waals surface area (Å²) in [7, 11) is 1.88. The third kappa shape index (κ3) is 2.18. The predicted octanol–water partition coefficient (Wildman–Crippen LogP) is 3.18. The number of nitrogens with zero attached hydrogens (tertiary/aromatic N) is 4. The molecule has 0 aromatic carbocycles. The van der Waals surface area contributed by atoms with Crippen LogP contribution in [0.2, 0.25) is 0 Å². The largest absolute Gasteiger partial charge is 0.363 e. The minimum atomic E-state index is 0.652. The Morgan fingerprint density at radius 2 is 1.95 bits per heavy atom. The van der Waals surface area contributed by atoms with E-state index in [-0.39, 0.29) is 0 Å². The van der Waals surface area contributed by atoms with Crippen LogP contribution < -0.4 is 10.2 Å². The summed E-state index contributed by atoms with van der Waals surface area (Å²) in [6.45, 7) is 2.30. The van der Waals surface area contributed by atoms with Crippen molar-refractivity contribution in [3.8, 4) is 9.88 Å². The van der Waals surface area contributed by atoms with Crippen LogP contribution in [0.5, 0.6) is 0 Å². The van der Waals surface area contributed by atoms with E-state index >= 15 is 0 Å². The van der Waals surface area contributed by atoms with Gasteiger partial charge in [0.2, 0.25) is 5.13 Å². The summed E-state index contributed by atoms with van der Waals surface area (Å²) in [4.78, 5) is 8.59. The molecule has 7 heteroatoms. The van der Waals surface area contributed by atoms with Crippen LogP contribution in [0.4, 0.5) is 10.3 Å². The Morgan fingerprint density at radius 3 is 2.60 bits per heavy atom. The van der Waals surface area contributed by atoms with Gasteiger partial charge in [0.1, 0.15) is 0 Å². The van der Waals surface area contributed by atoms with Gasteiger partial charge in [0, 0.05) is 26.1 Å². The van der Waals surface area contributed by atoms with Crippen molar-refractivity contribution >= 4 is 32.9 Å². The first kappa shape index (κ1) is 12.5. The van der Waals surface area contributed by atoms with E-state index in [1.54, 1.807) is 22.7 Å². The van der Waals surface area contributed by atoms with Crippen LogP contribution in [0.25, 0.3) is 9.88 Å². The van der Waals surface area contributed by atoms with Crippen molar-refractivity contribution in [1.82, 2.24) is 15.2 Å². The first-order chi connectivity index (χ1) is 9.85. The molecule has 5 nitrogen and oxygen atoms in total. The number of anilines is 2. The summed E-state index contributed by atoms with van der Waals surface area (Å²) >= 11 is 3.42. The van der Waals surface area contributed by atoms with E-state index in [4.69, 9.17) is 4.98 Å². The van der Waals surface area contributed by atoms with Gasteiger partial charge < -0.3 is 10.2 Å². The van der Waals surface area contributed by atoms with Gasteiger partial charge in [0.25, 0.3) is 0 Å². The van der Waals surface area contributed by atoms with Crippen LogP contribution in [0, 0.1) is 0 Å². The molecule has 106 valence electrons. The molecule has 20 heavy (non-hydrogen) atoms. The van der Waals surface area contributed by atoms with Crippen molar-refractivity contribution in [3.63, 3.8) is 0 Å². The molecule has 1 N–H and O–H groups in total. The smallest absolute Gasteiger partial charge is 0.205 e. The molecule has 0 amide bonds. The summed E-state index contributed by atoms with van der Waals surface area (Å²) < 4.78 is 0. The molecule has 2 aliphatic rings. The second-order valence-corrected chi connectivity index (χ2v) is 7.30. The van der Waals surface area contributed by atoms with Crippen molar-refractivity contribution in [1.29, 1.82) is 0 Å². The van der Waals surface area contributed by atoms with E-state index in [1.807, 2.05) is 7.05 Å². The highest BCUT2D eigenvalue weighted by Crippen LogP contribution is 2.48. The lowest BCUT2D eigenvalue weighted by Crippen LogP contribution is -2.17. The van der Waals surface area contributed by atoms with Crippen LogP contribution in [0.15, 0.2) is 0 Å². The van der Waals surface area contributed by atoms with E-state index in [0.29, 0.717) is 5.92 Å². The van der Waals surface area contributed by atoms with Gasteiger partial charge >= 0.3 is 0 Å². The first-order valence-electron chi connectivity index (χ1n) is 7.12. The highest BCUT2D eigenvalue weighted by molar-refractivity contribution is 7.25. The quantitative estimate of drug-likeness (QED) is 0.940. The number of nitrogens with one attached hydrogen (secondary N) is 1. The van der Waals surface area contributed by atoms with Crippen molar-refractivity contribution < 1.29 is 0 Å². The zero-order chi connectivity index (χ0) is 13.5. The fraction of sp³-hybridized carbons (Fsp3) is 0.615. The third-order valence-electron chi connectivity index (χ3n) is 3.82. The topological polar surface area (TPSA) is 53.9 Å². The molecular formula is C13H17N5S2. The number of hydrogen-bond acceptors (Lipinski definition) is 7. The van der Waals surface area contributed by atoms with E-state index in [0.717, 1.165) is 23.2 Å². The van der Waals surface area contributed by atoms with Gasteiger partial charge in [-0.05, 0) is 25.7 Å². The van der Waals surface area contributed by atoms with Crippen molar-refractivity contribution in [2.24, 2.45) is 0 Å². The summed E-state index contributed by atoms with van der Waals surface area (Å²) in [5.74, 6) is 0.652. The Balaban J connectivity index is 1.72. The zero-order valence-corrected chi connectivity index (χ0v) is 13.1. The molecule has 2 aromatic rings. The molecule has 1 aliphatic heterocycles. The molecule has 1 aliphatic carbocycles. The second-order valence-electron chi connectivity index (χ2n) is 5.34. The fourth-order valence-corrected chi connectivity index (χ4v) is 4.55. The number of rotatable bonds is 4. The molecular weight excluding hydrogens is 290 g/mol. The molecule has 0 unspecified atom stereocenters. The predicted molar refractivity (Wildman–Crippen MR) is 84.0 cm³/mol. The normalized spacial score (nSPS) is 18.8. The van der Waals surface area contributed by atoms with Gasteiger partial charge in [-0.1, -0.05) is 22.7 Å². The average Bonchev–Trinajstić information content (AvgIpc) is 2.92. The lowest BCUT2D eigenvalue weighted by Gasteiger charge is -2.12. The molecule has 0 atom stereocenters. The van der Waals surface area contributed by atoms with Gasteiger partial charge in [-0.3, -0.25) is 0 Å². The molecule has 1 saturated carbocycles. The SMILES string of the molecule is CNc1nnc(-c2sc(N3CCCC3)nc2C2CC2)s1. The average molecular weight is 307 g/mol. The Labute approximate surface area is 126 Å². The van der Waals surface area contributed by atoms with Gasteiger partial charge in [-0.15, -0.1) is 10.2 Å². The standard InChI is InChI=1S/C13H17N5S2/c1-14-12-17-16-11(20-12)10-9(8-4-5-8)15-13(19-10)18-6-2-3-7-18/h8H,2-7H2,1H3,(H,14,17). The third-order valence-corrected chi connectivity index (χ3v) is 6.04. The number of aromatic nitrogens is 3. The van der Waals surface area contributed by atoms with Crippen LogP contribution in [0.3, 0.4) is 0 Å². The maximum absolute atomic E-state index is 4.93. The maximum atomic E-state index is 4.93. The summed E-state index contributed by atoms with van der Waals surface area (Å²) in [5.41, 5.74) is 1.26. The second kappa shape index (κ2) is 4.96. The minimum Gasteiger partial charge on any atom is -0.363 e. The molecule has 0 radical (unpaired) electrons. The van der Waals surface area contributed by atoms with Crippen molar-refractivity contribution in [2.45, 2.75) is 31.6 Å². The minimum absolute atomic E-state index is 0.652. The van der Waals surface area contributed by atoms with E-state index < -0.39 is 0 Å². The molecule has 2 aromatic heterocycles. The number of thiazole rings is 1. The zero-order valence-electron chi connectivity index (χ0n) is 11.4. The van der Waals surface area contributed by atoms with E-state index in [9.17, 15) is 0 Å². The molecule has 2 fully saturated rings. The Morgan fingerprint density at radius 1 is 1.15 bits per heavy atom. The molecule has 0 bridgehead atoms.